The van der Waals surface area contributed by atoms with Gasteiger partial charge in [-0.2, -0.15) is 0 Å². The van der Waals surface area contributed by atoms with E-state index >= 15 is 0 Å². The van der Waals surface area contributed by atoms with Crippen molar-refractivity contribution in [1.82, 2.24) is 4.72 Å². The topological polar surface area (TPSA) is 89.3 Å². The lowest BCUT2D eigenvalue weighted by Crippen LogP contribution is -2.19. The lowest BCUT2D eigenvalue weighted by Gasteiger charge is -1.99. The van der Waals surface area contributed by atoms with Gasteiger partial charge in [-0.3, -0.25) is 10.1 Å². The van der Waals surface area contributed by atoms with Gasteiger partial charge in [-0.05, 0) is 13.3 Å². The summed E-state index contributed by atoms with van der Waals surface area (Å²) in [5.74, 6) is 0. The molecule has 0 amide bonds. The molecule has 0 unspecified atom stereocenters. The summed E-state index contributed by atoms with van der Waals surface area (Å²) in [5, 5.41) is 9.95. The van der Waals surface area contributed by atoms with Crippen molar-refractivity contribution in [1.29, 1.82) is 0 Å². The van der Waals surface area contributed by atoms with E-state index in [1.165, 1.54) is 13.3 Å². The second-order valence-corrected chi connectivity index (χ2v) is 4.61. The van der Waals surface area contributed by atoms with Gasteiger partial charge in [-0.1, -0.05) is 0 Å². The van der Waals surface area contributed by atoms with Crippen LogP contribution >= 0.6 is 11.8 Å². The molecule has 6 nitrogen and oxygen atoms in total. The summed E-state index contributed by atoms with van der Waals surface area (Å²) in [5.41, 5.74) is 0. The van der Waals surface area contributed by atoms with E-state index in [9.17, 15) is 18.5 Å². The number of thioether (sulfide) groups is 1. The number of nitrogens with one attached hydrogen (secondary N) is 1. The van der Waals surface area contributed by atoms with E-state index in [-0.39, 0.29) is 4.24 Å². The zero-order valence-corrected chi connectivity index (χ0v) is 8.11. The van der Waals surface area contributed by atoms with Gasteiger partial charge in [0.05, 0.1) is 4.92 Å². The highest BCUT2D eigenvalue weighted by Crippen LogP contribution is 2.16. The molecule has 0 aliphatic rings. The number of sulfonamides is 1. The minimum absolute atomic E-state index is 0.310. The first-order chi connectivity index (χ1) is 5.44. The SMILES string of the molecule is CNS(=O)(=O)/C(=C/[N+](=O)[O-])SC. The van der Waals surface area contributed by atoms with E-state index in [0.29, 0.717) is 6.20 Å². The molecule has 1 N–H and O–H groups in total. The van der Waals surface area contributed by atoms with Crippen LogP contribution in [0, 0.1) is 10.1 Å². The Balaban J connectivity index is 4.94. The Morgan fingerprint density at radius 1 is 1.67 bits per heavy atom. The van der Waals surface area contributed by atoms with Gasteiger partial charge in [0, 0.05) is 0 Å². The van der Waals surface area contributed by atoms with Gasteiger partial charge < -0.3 is 0 Å². The van der Waals surface area contributed by atoms with Gasteiger partial charge in [0.1, 0.15) is 0 Å². The molecule has 0 saturated carbocycles. The molecule has 0 bridgehead atoms. The predicted octanol–water partition coefficient (Wildman–Crippen LogP) is -0.0258. The van der Waals surface area contributed by atoms with Crippen LogP contribution < -0.4 is 4.72 Å². The van der Waals surface area contributed by atoms with Crippen LogP contribution in [0.4, 0.5) is 0 Å². The van der Waals surface area contributed by atoms with Crippen molar-refractivity contribution in [2.75, 3.05) is 13.3 Å². The number of rotatable bonds is 4. The summed E-state index contributed by atoms with van der Waals surface area (Å²) in [6.45, 7) is 0. The van der Waals surface area contributed by atoms with Gasteiger partial charge >= 0.3 is 0 Å². The normalized spacial score (nSPS) is 13.0. The molecule has 0 spiro atoms. The van der Waals surface area contributed by atoms with Gasteiger partial charge in [0.15, 0.2) is 4.24 Å². The van der Waals surface area contributed by atoms with Crippen molar-refractivity contribution in [3.63, 3.8) is 0 Å². The number of nitro groups is 1. The summed E-state index contributed by atoms with van der Waals surface area (Å²) in [7, 11) is -2.48. The molecule has 70 valence electrons. The molecule has 0 heterocycles. The van der Waals surface area contributed by atoms with Gasteiger partial charge in [-0.15, -0.1) is 11.8 Å². The van der Waals surface area contributed by atoms with E-state index in [2.05, 4.69) is 0 Å². The molecule has 0 radical (unpaired) electrons. The van der Waals surface area contributed by atoms with E-state index in [1.807, 2.05) is 4.72 Å². The second kappa shape index (κ2) is 4.43. The van der Waals surface area contributed by atoms with Gasteiger partial charge in [-0.25, -0.2) is 13.1 Å². The Morgan fingerprint density at radius 2 is 2.17 bits per heavy atom. The molecule has 0 rings (SSSR count). The van der Waals surface area contributed by atoms with Crippen LogP contribution in [0.2, 0.25) is 0 Å². The highest BCUT2D eigenvalue weighted by atomic mass is 32.3. The first-order valence-corrected chi connectivity index (χ1v) is 5.47. The lowest BCUT2D eigenvalue weighted by molar-refractivity contribution is -0.402. The Bertz CT molecular complexity index is 294. The minimum Gasteiger partial charge on any atom is -0.259 e. The first-order valence-electron chi connectivity index (χ1n) is 2.77. The maximum Gasteiger partial charge on any atom is 0.260 e. The quantitative estimate of drug-likeness (QED) is 0.522. The average Bonchev–Trinajstić information content (AvgIpc) is 1.99. The zero-order valence-electron chi connectivity index (χ0n) is 6.47. The van der Waals surface area contributed by atoms with Crippen LogP contribution in [0.1, 0.15) is 0 Å². The van der Waals surface area contributed by atoms with Crippen LogP contribution in [0.5, 0.6) is 0 Å². The Morgan fingerprint density at radius 3 is 2.42 bits per heavy atom. The fourth-order valence-corrected chi connectivity index (χ4v) is 2.16. The molecule has 0 aromatic carbocycles. The number of nitrogens with zero attached hydrogens (tertiary/aromatic N) is 1. The zero-order chi connectivity index (χ0) is 9.78. The van der Waals surface area contributed by atoms with Crippen molar-refractivity contribution in [3.05, 3.63) is 20.6 Å². The van der Waals surface area contributed by atoms with Crippen LogP contribution in [-0.2, 0) is 10.0 Å². The Hall–Kier alpha value is -0.600. The van der Waals surface area contributed by atoms with Crippen LogP contribution in [-0.4, -0.2) is 26.6 Å². The predicted molar refractivity (Wildman–Crippen MR) is 46.6 cm³/mol. The fraction of sp³-hybridized carbons (Fsp3) is 0.500. The average molecular weight is 212 g/mol. The molecule has 0 aromatic rings. The molecule has 8 heteroatoms. The van der Waals surface area contributed by atoms with Crippen LogP contribution in [0.15, 0.2) is 10.4 Å². The van der Waals surface area contributed by atoms with E-state index in [1.54, 1.807) is 0 Å². The summed E-state index contributed by atoms with van der Waals surface area (Å²) in [6, 6.07) is 0. The molecular weight excluding hydrogens is 204 g/mol. The van der Waals surface area contributed by atoms with Gasteiger partial charge in [0.2, 0.25) is 0 Å². The van der Waals surface area contributed by atoms with Crippen LogP contribution in [0.3, 0.4) is 0 Å². The van der Waals surface area contributed by atoms with E-state index < -0.39 is 14.9 Å². The van der Waals surface area contributed by atoms with Crippen molar-refractivity contribution in [2.45, 2.75) is 0 Å². The highest BCUT2D eigenvalue weighted by molar-refractivity contribution is 8.17. The van der Waals surface area contributed by atoms with Crippen molar-refractivity contribution in [3.8, 4) is 0 Å². The molecule has 0 atom stereocenters. The van der Waals surface area contributed by atoms with Crippen molar-refractivity contribution < 1.29 is 13.3 Å². The lowest BCUT2D eigenvalue weighted by atomic mass is 11.1. The second-order valence-electron chi connectivity index (χ2n) is 1.65. The van der Waals surface area contributed by atoms with E-state index in [0.717, 1.165) is 11.8 Å². The van der Waals surface area contributed by atoms with Crippen molar-refractivity contribution >= 4 is 21.8 Å². The first kappa shape index (κ1) is 11.4. The monoisotopic (exact) mass is 212 g/mol. The Kier molecular flexibility index (Phi) is 4.21. The summed E-state index contributed by atoms with van der Waals surface area (Å²) >= 11 is 0.799. The molecule has 0 aliphatic heterocycles. The maximum absolute atomic E-state index is 11.0. The molecule has 0 fully saturated rings. The summed E-state index contributed by atoms with van der Waals surface area (Å²) in [6.07, 6.45) is 1.90. The molecule has 0 aromatic heterocycles. The number of hydrogen-bond donors (Lipinski definition) is 1. The highest BCUT2D eigenvalue weighted by Gasteiger charge is 2.17. The van der Waals surface area contributed by atoms with Crippen LogP contribution in [0.25, 0.3) is 0 Å². The third-order valence-corrected chi connectivity index (χ3v) is 3.78. The third-order valence-electron chi connectivity index (χ3n) is 0.946. The largest absolute Gasteiger partial charge is 0.260 e. The van der Waals surface area contributed by atoms with Gasteiger partial charge in [0.25, 0.3) is 16.2 Å². The summed E-state index contributed by atoms with van der Waals surface area (Å²) in [4.78, 5) is 9.15. The standard InChI is InChI=1S/C4H8N2O4S2/c1-5-12(9,10)4(11-2)3-6(7)8/h3,5H,1-2H3/b4-3+. The third kappa shape index (κ3) is 3.20. The molecular formula is C4H8N2O4S2. The smallest absolute Gasteiger partial charge is 0.259 e. The molecule has 12 heavy (non-hydrogen) atoms. The number of hydrogen-bond acceptors (Lipinski definition) is 5. The summed E-state index contributed by atoms with van der Waals surface area (Å²) < 4.78 is 23.6. The molecule has 0 aliphatic carbocycles. The minimum atomic E-state index is -3.67. The molecule has 0 saturated heterocycles. The fourth-order valence-electron chi connectivity index (χ4n) is 0.418. The maximum atomic E-state index is 11.0. The van der Waals surface area contributed by atoms with E-state index in [4.69, 9.17) is 0 Å². The van der Waals surface area contributed by atoms with Crippen molar-refractivity contribution in [2.24, 2.45) is 0 Å². The Labute approximate surface area is 74.2 Å².